The van der Waals surface area contributed by atoms with Crippen LogP contribution in [0.5, 0.6) is 5.75 Å². The van der Waals surface area contributed by atoms with Crippen LogP contribution >= 0.6 is 0 Å². The maximum Gasteiger partial charge on any atom is 0.261 e. The molecule has 1 heterocycles. The van der Waals surface area contributed by atoms with Gasteiger partial charge in [-0.1, -0.05) is 25.1 Å². The van der Waals surface area contributed by atoms with E-state index in [4.69, 9.17) is 4.74 Å². The molecular formula is C21H22N2O6S. The number of fused-ring (bicyclic) bond motifs is 1. The van der Waals surface area contributed by atoms with E-state index < -0.39 is 15.7 Å². The van der Waals surface area contributed by atoms with E-state index in [1.54, 1.807) is 43.3 Å². The van der Waals surface area contributed by atoms with Crippen molar-refractivity contribution in [2.24, 2.45) is 0 Å². The molecule has 3 rings (SSSR count). The van der Waals surface area contributed by atoms with Crippen molar-refractivity contribution in [2.75, 3.05) is 25.2 Å². The Kier molecular flexibility index (Phi) is 6.21. The fraction of sp³-hybridized carbons (Fsp3) is 0.286. The van der Waals surface area contributed by atoms with Crippen LogP contribution in [0.3, 0.4) is 0 Å². The predicted molar refractivity (Wildman–Crippen MR) is 110 cm³/mol. The summed E-state index contributed by atoms with van der Waals surface area (Å²) in [6.45, 7) is 1.52. The van der Waals surface area contributed by atoms with E-state index in [-0.39, 0.29) is 42.0 Å². The highest BCUT2D eigenvalue weighted by atomic mass is 32.2. The predicted octanol–water partition coefficient (Wildman–Crippen LogP) is 1.66. The molecule has 2 aromatic carbocycles. The highest BCUT2D eigenvalue weighted by Crippen LogP contribution is 2.26. The standard InChI is InChI=1S/C21H22N2O6S/c1-3-30(27,28)11-10-22-19(24)17-12-14(8-9-18(17)29-2)13-23-20(25)15-6-4-5-7-16(15)21(23)26/h4-9,12H,3,10-11,13H2,1-2H3,(H,22,24). The Morgan fingerprint density at radius 2 is 1.70 bits per heavy atom. The molecule has 1 aliphatic rings. The largest absolute Gasteiger partial charge is 0.496 e. The van der Waals surface area contributed by atoms with Gasteiger partial charge in [0.05, 0.1) is 36.1 Å². The molecule has 0 atom stereocenters. The van der Waals surface area contributed by atoms with E-state index in [2.05, 4.69) is 5.32 Å². The van der Waals surface area contributed by atoms with Gasteiger partial charge < -0.3 is 10.1 Å². The van der Waals surface area contributed by atoms with Crippen molar-refractivity contribution in [3.05, 3.63) is 64.7 Å². The second-order valence-electron chi connectivity index (χ2n) is 6.77. The van der Waals surface area contributed by atoms with Gasteiger partial charge in [-0.05, 0) is 29.8 Å². The fourth-order valence-corrected chi connectivity index (χ4v) is 3.86. The Bertz CT molecular complexity index is 1080. The van der Waals surface area contributed by atoms with Crippen LogP contribution in [0.25, 0.3) is 0 Å². The normalized spacial score (nSPS) is 13.3. The van der Waals surface area contributed by atoms with Crippen LogP contribution in [0.1, 0.15) is 43.6 Å². The number of carbonyl (C=O) groups is 3. The molecule has 0 radical (unpaired) electrons. The molecule has 30 heavy (non-hydrogen) atoms. The molecule has 0 aliphatic carbocycles. The van der Waals surface area contributed by atoms with Gasteiger partial charge in [-0.15, -0.1) is 0 Å². The summed E-state index contributed by atoms with van der Waals surface area (Å²) in [7, 11) is -1.79. The zero-order valence-electron chi connectivity index (χ0n) is 16.7. The van der Waals surface area contributed by atoms with Gasteiger partial charge in [0, 0.05) is 12.3 Å². The highest BCUT2D eigenvalue weighted by Gasteiger charge is 2.35. The molecule has 0 bridgehead atoms. The van der Waals surface area contributed by atoms with Gasteiger partial charge in [-0.3, -0.25) is 19.3 Å². The number of rotatable bonds is 8. The summed E-state index contributed by atoms with van der Waals surface area (Å²) in [6, 6.07) is 11.4. The second-order valence-corrected chi connectivity index (χ2v) is 9.24. The lowest BCUT2D eigenvalue weighted by Crippen LogP contribution is -2.31. The van der Waals surface area contributed by atoms with E-state index in [9.17, 15) is 22.8 Å². The number of carbonyl (C=O) groups excluding carboxylic acids is 3. The molecule has 158 valence electrons. The summed E-state index contributed by atoms with van der Waals surface area (Å²) in [5.74, 6) is -1.13. The third-order valence-electron chi connectivity index (χ3n) is 4.87. The van der Waals surface area contributed by atoms with Crippen LogP contribution in [-0.4, -0.2) is 56.2 Å². The smallest absolute Gasteiger partial charge is 0.261 e. The molecular weight excluding hydrogens is 408 g/mol. The quantitative estimate of drug-likeness (QED) is 0.638. The van der Waals surface area contributed by atoms with Crippen molar-refractivity contribution in [1.82, 2.24) is 10.2 Å². The van der Waals surface area contributed by atoms with Crippen LogP contribution in [0.4, 0.5) is 0 Å². The molecule has 0 fully saturated rings. The van der Waals surface area contributed by atoms with Crippen molar-refractivity contribution in [3.8, 4) is 5.75 Å². The Morgan fingerprint density at radius 1 is 1.07 bits per heavy atom. The van der Waals surface area contributed by atoms with Crippen molar-refractivity contribution in [2.45, 2.75) is 13.5 Å². The monoisotopic (exact) mass is 430 g/mol. The molecule has 0 unspecified atom stereocenters. The lowest BCUT2D eigenvalue weighted by atomic mass is 10.1. The Morgan fingerprint density at radius 3 is 2.27 bits per heavy atom. The van der Waals surface area contributed by atoms with Crippen molar-refractivity contribution in [1.29, 1.82) is 0 Å². The number of sulfone groups is 1. The highest BCUT2D eigenvalue weighted by molar-refractivity contribution is 7.91. The third kappa shape index (κ3) is 4.35. The molecule has 0 aromatic heterocycles. The average molecular weight is 430 g/mol. The maximum absolute atomic E-state index is 12.6. The first-order valence-electron chi connectivity index (χ1n) is 9.38. The number of benzene rings is 2. The van der Waals surface area contributed by atoms with Gasteiger partial charge in [-0.2, -0.15) is 0 Å². The number of amides is 3. The number of methoxy groups -OCH3 is 1. The lowest BCUT2D eigenvalue weighted by Gasteiger charge is -2.16. The van der Waals surface area contributed by atoms with Gasteiger partial charge in [-0.25, -0.2) is 8.42 Å². The van der Waals surface area contributed by atoms with E-state index in [1.807, 2.05) is 0 Å². The van der Waals surface area contributed by atoms with E-state index in [0.29, 0.717) is 22.4 Å². The molecule has 0 spiro atoms. The van der Waals surface area contributed by atoms with Crippen LogP contribution in [0, 0.1) is 0 Å². The Labute approximate surface area is 174 Å². The number of hydrogen-bond donors (Lipinski definition) is 1. The first-order chi connectivity index (χ1) is 14.3. The van der Waals surface area contributed by atoms with Crippen molar-refractivity contribution < 1.29 is 27.5 Å². The third-order valence-corrected chi connectivity index (χ3v) is 6.57. The molecule has 9 heteroatoms. The number of nitrogens with one attached hydrogen (secondary N) is 1. The molecule has 8 nitrogen and oxygen atoms in total. The van der Waals surface area contributed by atoms with Gasteiger partial charge in [0.2, 0.25) is 0 Å². The van der Waals surface area contributed by atoms with Crippen molar-refractivity contribution >= 4 is 27.6 Å². The van der Waals surface area contributed by atoms with Crippen molar-refractivity contribution in [3.63, 3.8) is 0 Å². The van der Waals surface area contributed by atoms with Gasteiger partial charge in [0.15, 0.2) is 9.84 Å². The van der Waals surface area contributed by atoms with Gasteiger partial charge >= 0.3 is 0 Å². The van der Waals surface area contributed by atoms with Gasteiger partial charge in [0.25, 0.3) is 17.7 Å². The number of hydrogen-bond acceptors (Lipinski definition) is 6. The molecule has 0 saturated carbocycles. The molecule has 0 saturated heterocycles. The van der Waals surface area contributed by atoms with E-state index >= 15 is 0 Å². The maximum atomic E-state index is 12.6. The number of imide groups is 1. The minimum Gasteiger partial charge on any atom is -0.496 e. The fourth-order valence-electron chi connectivity index (χ4n) is 3.16. The van der Waals surface area contributed by atoms with E-state index in [0.717, 1.165) is 4.90 Å². The van der Waals surface area contributed by atoms with Gasteiger partial charge in [0.1, 0.15) is 5.75 Å². The van der Waals surface area contributed by atoms with Crippen LogP contribution < -0.4 is 10.1 Å². The molecule has 3 amide bonds. The minimum absolute atomic E-state index is 0.000828. The molecule has 1 aliphatic heterocycles. The lowest BCUT2D eigenvalue weighted by molar-refractivity contribution is 0.0642. The molecule has 2 aromatic rings. The summed E-state index contributed by atoms with van der Waals surface area (Å²) in [6.07, 6.45) is 0. The summed E-state index contributed by atoms with van der Waals surface area (Å²) in [5.41, 5.74) is 1.47. The first-order valence-corrected chi connectivity index (χ1v) is 11.2. The summed E-state index contributed by atoms with van der Waals surface area (Å²) in [5, 5.41) is 2.57. The van der Waals surface area contributed by atoms with Crippen LogP contribution in [-0.2, 0) is 16.4 Å². The first kappa shape index (κ1) is 21.5. The van der Waals surface area contributed by atoms with E-state index in [1.165, 1.54) is 13.2 Å². The zero-order chi connectivity index (χ0) is 21.9. The second kappa shape index (κ2) is 8.66. The summed E-state index contributed by atoms with van der Waals surface area (Å²) in [4.78, 5) is 38.8. The van der Waals surface area contributed by atoms with Crippen LogP contribution in [0.2, 0.25) is 0 Å². The topological polar surface area (TPSA) is 110 Å². The zero-order valence-corrected chi connectivity index (χ0v) is 17.5. The minimum atomic E-state index is -3.20. The summed E-state index contributed by atoms with van der Waals surface area (Å²) >= 11 is 0. The molecule has 1 N–H and O–H groups in total. The number of nitrogens with zero attached hydrogens (tertiary/aromatic N) is 1. The Balaban J connectivity index is 1.77. The summed E-state index contributed by atoms with van der Waals surface area (Å²) < 4.78 is 28.4. The average Bonchev–Trinajstić information content (AvgIpc) is 2.98. The van der Waals surface area contributed by atoms with Crippen LogP contribution in [0.15, 0.2) is 42.5 Å². The SMILES string of the molecule is CCS(=O)(=O)CCNC(=O)c1cc(CN2C(=O)c3ccccc3C2=O)ccc1OC. The number of ether oxygens (including phenoxy) is 1. The Hall–Kier alpha value is -3.20.